The van der Waals surface area contributed by atoms with E-state index >= 15 is 0 Å². The Morgan fingerprint density at radius 1 is 1.18 bits per heavy atom. The van der Waals surface area contributed by atoms with Gasteiger partial charge in [0.05, 0.1) is 23.7 Å². The molecule has 1 saturated heterocycles. The van der Waals surface area contributed by atoms with Gasteiger partial charge in [-0.1, -0.05) is 18.2 Å². The molecular weight excluding hydrogens is 302 g/mol. The predicted octanol–water partition coefficient (Wildman–Crippen LogP) is 1.33. The molecule has 1 aliphatic heterocycles. The van der Waals surface area contributed by atoms with E-state index in [0.29, 0.717) is 31.6 Å². The Kier molecular flexibility index (Phi) is 4.03. The van der Waals surface area contributed by atoms with Crippen LogP contribution in [-0.4, -0.2) is 46.8 Å². The van der Waals surface area contributed by atoms with Gasteiger partial charge in [0, 0.05) is 13.1 Å². The molecule has 7 heteroatoms. The third-order valence-corrected chi connectivity index (χ3v) is 5.92. The van der Waals surface area contributed by atoms with Crippen LogP contribution < -0.4 is 0 Å². The molecule has 3 rings (SSSR count). The molecule has 0 amide bonds. The molecule has 0 saturated carbocycles. The van der Waals surface area contributed by atoms with E-state index in [9.17, 15) is 13.5 Å². The van der Waals surface area contributed by atoms with Gasteiger partial charge in [-0.05, 0) is 31.9 Å². The number of hydrogen-bond donors (Lipinski definition) is 1. The van der Waals surface area contributed by atoms with Gasteiger partial charge in [-0.2, -0.15) is 9.40 Å². The summed E-state index contributed by atoms with van der Waals surface area (Å²) in [5.41, 5.74) is 1.30. The van der Waals surface area contributed by atoms with Crippen molar-refractivity contribution in [2.75, 3.05) is 13.1 Å². The predicted molar refractivity (Wildman–Crippen MR) is 82.3 cm³/mol. The number of sulfonamides is 1. The molecule has 1 aliphatic rings. The van der Waals surface area contributed by atoms with Gasteiger partial charge in [-0.15, -0.1) is 0 Å². The third kappa shape index (κ3) is 2.79. The number of aliphatic hydroxyl groups excluding tert-OH is 1. The number of aryl methyl sites for hydroxylation is 1. The van der Waals surface area contributed by atoms with Gasteiger partial charge in [0.2, 0.25) is 10.0 Å². The lowest BCUT2D eigenvalue weighted by atomic mass is 10.1. The van der Waals surface area contributed by atoms with Gasteiger partial charge in [-0.3, -0.25) is 0 Å². The van der Waals surface area contributed by atoms with Crippen LogP contribution in [0.3, 0.4) is 0 Å². The van der Waals surface area contributed by atoms with Crippen LogP contribution >= 0.6 is 0 Å². The molecule has 118 valence electrons. The molecule has 1 N–H and O–H groups in total. The van der Waals surface area contributed by atoms with E-state index in [1.165, 1.54) is 4.31 Å². The largest absolute Gasteiger partial charge is 0.393 e. The average molecular weight is 321 g/mol. The van der Waals surface area contributed by atoms with E-state index in [4.69, 9.17) is 0 Å². The van der Waals surface area contributed by atoms with Crippen molar-refractivity contribution in [3.63, 3.8) is 0 Å². The van der Waals surface area contributed by atoms with Crippen LogP contribution in [0, 0.1) is 6.92 Å². The SMILES string of the molecule is Cc1nn(-c2ccccc2)cc1S(=O)(=O)N1CCC(O)CC1. The first-order chi connectivity index (χ1) is 10.5. The van der Waals surface area contributed by atoms with Crippen LogP contribution in [0.1, 0.15) is 18.5 Å². The van der Waals surface area contributed by atoms with Gasteiger partial charge in [0.1, 0.15) is 4.90 Å². The quantitative estimate of drug-likeness (QED) is 0.925. The standard InChI is InChI=1S/C15H19N3O3S/c1-12-15(11-18(16-12)13-5-3-2-4-6-13)22(20,21)17-9-7-14(19)8-10-17/h2-6,11,14,19H,7-10H2,1H3. The lowest BCUT2D eigenvalue weighted by Gasteiger charge is -2.28. The summed E-state index contributed by atoms with van der Waals surface area (Å²) in [6, 6.07) is 9.41. The van der Waals surface area contributed by atoms with Crippen LogP contribution in [0.2, 0.25) is 0 Å². The minimum absolute atomic E-state index is 0.229. The molecule has 0 atom stereocenters. The molecular formula is C15H19N3O3S. The van der Waals surface area contributed by atoms with Crippen molar-refractivity contribution in [1.82, 2.24) is 14.1 Å². The Morgan fingerprint density at radius 2 is 1.82 bits per heavy atom. The van der Waals surface area contributed by atoms with Crippen molar-refractivity contribution in [3.8, 4) is 5.69 Å². The van der Waals surface area contributed by atoms with Gasteiger partial charge >= 0.3 is 0 Å². The maximum Gasteiger partial charge on any atom is 0.246 e. The summed E-state index contributed by atoms with van der Waals surface area (Å²) >= 11 is 0. The lowest BCUT2D eigenvalue weighted by Crippen LogP contribution is -2.40. The molecule has 2 aromatic rings. The Labute approximate surface area is 130 Å². The molecule has 0 aliphatic carbocycles. The first-order valence-electron chi connectivity index (χ1n) is 7.28. The number of piperidine rings is 1. The molecule has 0 radical (unpaired) electrons. The summed E-state index contributed by atoms with van der Waals surface area (Å²) in [6.07, 6.45) is 2.11. The highest BCUT2D eigenvalue weighted by atomic mass is 32.2. The van der Waals surface area contributed by atoms with Crippen molar-refractivity contribution in [1.29, 1.82) is 0 Å². The highest BCUT2D eigenvalue weighted by Crippen LogP contribution is 2.24. The molecule has 1 fully saturated rings. The van der Waals surface area contributed by atoms with Crippen LogP contribution in [0.15, 0.2) is 41.4 Å². The molecule has 1 aromatic carbocycles. The first-order valence-corrected chi connectivity index (χ1v) is 8.72. The Bertz CT molecular complexity index is 748. The van der Waals surface area contributed by atoms with Crippen LogP contribution in [0.4, 0.5) is 0 Å². The van der Waals surface area contributed by atoms with E-state index in [2.05, 4.69) is 5.10 Å². The van der Waals surface area contributed by atoms with Crippen molar-refractivity contribution in [2.45, 2.75) is 30.8 Å². The highest BCUT2D eigenvalue weighted by Gasteiger charge is 2.31. The van der Waals surface area contributed by atoms with Crippen molar-refractivity contribution in [3.05, 3.63) is 42.2 Å². The van der Waals surface area contributed by atoms with Gasteiger partial charge < -0.3 is 5.11 Å². The number of hydrogen-bond acceptors (Lipinski definition) is 4. The number of nitrogens with zero attached hydrogens (tertiary/aromatic N) is 3. The Morgan fingerprint density at radius 3 is 2.45 bits per heavy atom. The smallest absolute Gasteiger partial charge is 0.246 e. The normalized spacial score (nSPS) is 17.7. The molecule has 0 bridgehead atoms. The molecule has 6 nitrogen and oxygen atoms in total. The number of aromatic nitrogens is 2. The van der Waals surface area contributed by atoms with Crippen molar-refractivity contribution >= 4 is 10.0 Å². The molecule has 1 aromatic heterocycles. The molecule has 0 spiro atoms. The second-order valence-electron chi connectivity index (χ2n) is 5.49. The van der Waals surface area contributed by atoms with Crippen molar-refractivity contribution < 1.29 is 13.5 Å². The second kappa shape index (κ2) is 5.83. The summed E-state index contributed by atoms with van der Waals surface area (Å²) in [5, 5.41) is 13.9. The van der Waals surface area contributed by atoms with Crippen LogP contribution in [0.25, 0.3) is 5.69 Å². The zero-order chi connectivity index (χ0) is 15.7. The van der Waals surface area contributed by atoms with E-state index in [-0.39, 0.29) is 4.90 Å². The highest BCUT2D eigenvalue weighted by molar-refractivity contribution is 7.89. The molecule has 2 heterocycles. The molecule has 22 heavy (non-hydrogen) atoms. The number of aliphatic hydroxyl groups is 1. The maximum absolute atomic E-state index is 12.8. The summed E-state index contributed by atoms with van der Waals surface area (Å²) in [5.74, 6) is 0. The number of benzene rings is 1. The summed E-state index contributed by atoms with van der Waals surface area (Å²) in [7, 11) is -3.56. The van der Waals surface area contributed by atoms with Crippen LogP contribution in [0.5, 0.6) is 0 Å². The fourth-order valence-corrected chi connectivity index (χ4v) is 4.25. The summed E-state index contributed by atoms with van der Waals surface area (Å²) in [6.45, 7) is 2.39. The lowest BCUT2D eigenvalue weighted by molar-refractivity contribution is 0.113. The minimum atomic E-state index is -3.56. The van der Waals surface area contributed by atoms with E-state index in [0.717, 1.165) is 5.69 Å². The van der Waals surface area contributed by atoms with Gasteiger partial charge in [0.25, 0.3) is 0 Å². The summed E-state index contributed by atoms with van der Waals surface area (Å²) in [4.78, 5) is 0.229. The zero-order valence-electron chi connectivity index (χ0n) is 12.4. The Balaban J connectivity index is 1.93. The number of rotatable bonds is 3. The van der Waals surface area contributed by atoms with Gasteiger partial charge in [-0.25, -0.2) is 13.1 Å². The van der Waals surface area contributed by atoms with E-state index < -0.39 is 16.1 Å². The van der Waals surface area contributed by atoms with E-state index in [1.807, 2.05) is 30.3 Å². The second-order valence-corrected chi connectivity index (χ2v) is 7.40. The monoisotopic (exact) mass is 321 g/mol. The van der Waals surface area contributed by atoms with E-state index in [1.54, 1.807) is 17.8 Å². The fraction of sp³-hybridized carbons (Fsp3) is 0.400. The first kappa shape index (κ1) is 15.2. The third-order valence-electron chi connectivity index (χ3n) is 3.92. The minimum Gasteiger partial charge on any atom is -0.393 e. The maximum atomic E-state index is 12.8. The van der Waals surface area contributed by atoms with Crippen LogP contribution in [-0.2, 0) is 10.0 Å². The number of para-hydroxylation sites is 1. The fourth-order valence-electron chi connectivity index (χ4n) is 2.63. The average Bonchev–Trinajstić information content (AvgIpc) is 2.91. The van der Waals surface area contributed by atoms with Crippen molar-refractivity contribution in [2.24, 2.45) is 0 Å². The topological polar surface area (TPSA) is 75.4 Å². The Hall–Kier alpha value is -1.70. The van der Waals surface area contributed by atoms with Gasteiger partial charge in [0.15, 0.2) is 0 Å². The summed E-state index contributed by atoms with van der Waals surface area (Å²) < 4.78 is 28.5. The molecule has 0 unspecified atom stereocenters. The zero-order valence-corrected chi connectivity index (χ0v) is 13.2.